The van der Waals surface area contributed by atoms with Crippen LogP contribution in [0.15, 0.2) is 47.2 Å². The normalized spacial score (nSPS) is 15.3. The largest absolute Gasteiger partial charge is 0.495 e. The zero-order valence-electron chi connectivity index (χ0n) is 23.5. The molecule has 1 aliphatic rings. The Balaban J connectivity index is 1.84. The summed E-state index contributed by atoms with van der Waals surface area (Å²) in [5.74, 6) is 2.69. The van der Waals surface area contributed by atoms with E-state index in [9.17, 15) is 0 Å². The van der Waals surface area contributed by atoms with Crippen molar-refractivity contribution >= 4 is 23.4 Å². The number of benzene rings is 1. The van der Waals surface area contributed by atoms with Crippen molar-refractivity contribution in [2.75, 3.05) is 12.4 Å². The fourth-order valence-corrected chi connectivity index (χ4v) is 5.19. The molecule has 0 spiro atoms. The number of aliphatic imine (C=N–C) groups is 1. The number of amidine groups is 1. The number of hydrogen-bond acceptors (Lipinski definition) is 3. The van der Waals surface area contributed by atoms with Crippen LogP contribution in [0.5, 0.6) is 5.75 Å². The van der Waals surface area contributed by atoms with Gasteiger partial charge in [0.15, 0.2) is 0 Å². The van der Waals surface area contributed by atoms with Gasteiger partial charge in [-0.05, 0) is 70.2 Å². The number of hydrogen-bond donors (Lipinski definition) is 1. The van der Waals surface area contributed by atoms with Gasteiger partial charge in [0.05, 0.1) is 24.7 Å². The maximum Gasteiger partial charge on any atom is 0.142 e. The quantitative estimate of drug-likeness (QED) is 0.236. The summed E-state index contributed by atoms with van der Waals surface area (Å²) in [6.07, 6.45) is 14.8. The summed E-state index contributed by atoms with van der Waals surface area (Å²) in [5.41, 5.74) is 6.97. The molecule has 4 rings (SSSR count). The first-order valence-corrected chi connectivity index (χ1v) is 13.9. The van der Waals surface area contributed by atoms with E-state index in [0.29, 0.717) is 6.04 Å². The zero-order chi connectivity index (χ0) is 26.4. The Hall–Kier alpha value is -3.28. The van der Waals surface area contributed by atoms with E-state index in [1.54, 1.807) is 7.11 Å². The average molecular weight is 502 g/mol. The van der Waals surface area contributed by atoms with E-state index in [1.807, 2.05) is 19.2 Å². The molecule has 2 aromatic heterocycles. The van der Waals surface area contributed by atoms with Crippen molar-refractivity contribution in [2.45, 2.75) is 92.2 Å². The molecule has 1 saturated carbocycles. The predicted molar refractivity (Wildman–Crippen MR) is 156 cm³/mol. The minimum absolute atomic E-state index is 0.433. The van der Waals surface area contributed by atoms with Crippen LogP contribution in [-0.2, 0) is 6.54 Å². The topological polar surface area (TPSA) is 56.4 Å². The number of methoxy groups -OCH3 is 1. The van der Waals surface area contributed by atoms with Crippen molar-refractivity contribution in [1.82, 2.24) is 14.3 Å². The molecule has 0 aliphatic heterocycles. The molecule has 6 heteroatoms. The van der Waals surface area contributed by atoms with Crippen LogP contribution in [0.4, 0.5) is 11.5 Å². The number of nitrogens with one attached hydrogen (secondary N) is 1. The molecule has 6 nitrogen and oxygen atoms in total. The maximum absolute atomic E-state index is 5.63. The van der Waals surface area contributed by atoms with Crippen molar-refractivity contribution in [2.24, 2.45) is 4.99 Å². The number of aromatic nitrogens is 3. The summed E-state index contributed by atoms with van der Waals surface area (Å²) in [7, 11) is 1.71. The molecule has 1 fully saturated rings. The third-order valence-corrected chi connectivity index (χ3v) is 7.27. The Bertz CT molecular complexity index is 1260. The van der Waals surface area contributed by atoms with Crippen LogP contribution in [-0.4, -0.2) is 27.3 Å². The molecule has 0 atom stereocenters. The molecule has 0 unspecified atom stereocenters. The SMILES string of the molecule is CCCn1cc(-c2cc(C=C(C)CC)c(/N=C(\C)Nc3ccc(C)cc3OC)n2C2CCCCC2)cn1. The predicted octanol–water partition coefficient (Wildman–Crippen LogP) is 8.56. The van der Waals surface area contributed by atoms with Crippen molar-refractivity contribution in [3.63, 3.8) is 0 Å². The first-order valence-electron chi connectivity index (χ1n) is 13.9. The van der Waals surface area contributed by atoms with E-state index < -0.39 is 0 Å². The molecule has 3 aromatic rings. The first kappa shape index (κ1) is 26.8. The Labute approximate surface area is 222 Å². The van der Waals surface area contributed by atoms with Gasteiger partial charge in [-0.3, -0.25) is 4.68 Å². The van der Waals surface area contributed by atoms with Gasteiger partial charge in [0.2, 0.25) is 0 Å². The Morgan fingerprint density at radius 3 is 2.65 bits per heavy atom. The molecule has 37 heavy (non-hydrogen) atoms. The van der Waals surface area contributed by atoms with Crippen molar-refractivity contribution < 1.29 is 4.74 Å². The lowest BCUT2D eigenvalue weighted by atomic mass is 9.95. The van der Waals surface area contributed by atoms with Crippen LogP contribution in [0.25, 0.3) is 17.3 Å². The summed E-state index contributed by atoms with van der Waals surface area (Å²) in [4.78, 5) is 5.25. The molecule has 198 valence electrons. The van der Waals surface area contributed by atoms with Gasteiger partial charge in [-0.1, -0.05) is 50.8 Å². The van der Waals surface area contributed by atoms with Gasteiger partial charge in [-0.2, -0.15) is 5.10 Å². The number of aryl methyl sites for hydroxylation is 2. The Morgan fingerprint density at radius 2 is 1.95 bits per heavy atom. The van der Waals surface area contributed by atoms with Crippen LogP contribution in [0.2, 0.25) is 0 Å². The van der Waals surface area contributed by atoms with E-state index in [2.05, 4.69) is 77.8 Å². The molecule has 1 aliphatic carbocycles. The highest BCUT2D eigenvalue weighted by Gasteiger charge is 2.25. The lowest BCUT2D eigenvalue weighted by molar-refractivity contribution is 0.358. The number of ether oxygens (including phenoxy) is 1. The van der Waals surface area contributed by atoms with E-state index in [0.717, 1.165) is 48.0 Å². The molecule has 1 N–H and O–H groups in total. The molecular weight excluding hydrogens is 458 g/mol. The van der Waals surface area contributed by atoms with Crippen molar-refractivity contribution in [1.29, 1.82) is 0 Å². The standard InChI is InChI=1S/C31H43N5O/c1-7-16-35-21-26(20-32-35)29-19-25(17-22(3)8-2)31(36(29)27-12-10-9-11-13-27)34-24(5)33-28-15-14-23(4)18-30(28)37-6/h14-15,17-21,27H,7-13,16H2,1-6H3,(H,33,34). The van der Waals surface area contributed by atoms with E-state index in [1.165, 1.54) is 54.5 Å². The van der Waals surface area contributed by atoms with Gasteiger partial charge in [0, 0.05) is 29.9 Å². The Kier molecular flexibility index (Phi) is 8.91. The zero-order valence-corrected chi connectivity index (χ0v) is 23.5. The molecule has 0 amide bonds. The second-order valence-electron chi connectivity index (χ2n) is 10.3. The van der Waals surface area contributed by atoms with Crippen molar-refractivity contribution in [3.8, 4) is 17.0 Å². The van der Waals surface area contributed by atoms with E-state index in [-0.39, 0.29) is 0 Å². The first-order chi connectivity index (χ1) is 17.9. The van der Waals surface area contributed by atoms with Gasteiger partial charge in [-0.25, -0.2) is 4.99 Å². The number of rotatable bonds is 9. The Morgan fingerprint density at radius 1 is 1.16 bits per heavy atom. The van der Waals surface area contributed by atoms with Gasteiger partial charge >= 0.3 is 0 Å². The monoisotopic (exact) mass is 501 g/mol. The fourth-order valence-electron chi connectivity index (χ4n) is 5.19. The van der Waals surface area contributed by atoms with Crippen LogP contribution in [0, 0.1) is 6.92 Å². The van der Waals surface area contributed by atoms with E-state index >= 15 is 0 Å². The fraction of sp³-hybridized carbons (Fsp3) is 0.484. The van der Waals surface area contributed by atoms with Crippen LogP contribution in [0.3, 0.4) is 0 Å². The number of allylic oxidation sites excluding steroid dienone is 1. The van der Waals surface area contributed by atoms with Gasteiger partial charge in [-0.15, -0.1) is 0 Å². The van der Waals surface area contributed by atoms with Crippen LogP contribution >= 0.6 is 0 Å². The number of anilines is 1. The van der Waals surface area contributed by atoms with Crippen molar-refractivity contribution in [3.05, 3.63) is 53.4 Å². The third kappa shape index (κ3) is 6.35. The van der Waals surface area contributed by atoms with Gasteiger partial charge < -0.3 is 14.6 Å². The summed E-state index contributed by atoms with van der Waals surface area (Å²) in [6.45, 7) is 11.6. The summed E-state index contributed by atoms with van der Waals surface area (Å²) >= 11 is 0. The van der Waals surface area contributed by atoms with E-state index in [4.69, 9.17) is 9.73 Å². The minimum Gasteiger partial charge on any atom is -0.495 e. The van der Waals surface area contributed by atoms with Crippen LogP contribution < -0.4 is 10.1 Å². The highest BCUT2D eigenvalue weighted by molar-refractivity contribution is 5.97. The summed E-state index contributed by atoms with van der Waals surface area (Å²) in [6, 6.07) is 8.95. The molecule has 2 heterocycles. The second kappa shape index (κ2) is 12.3. The number of nitrogens with zero attached hydrogens (tertiary/aromatic N) is 4. The summed E-state index contributed by atoms with van der Waals surface area (Å²) in [5, 5.41) is 8.16. The molecular formula is C31H43N5O. The lowest BCUT2D eigenvalue weighted by Gasteiger charge is -2.27. The van der Waals surface area contributed by atoms with Crippen LogP contribution in [0.1, 0.15) is 89.8 Å². The molecule has 1 aromatic carbocycles. The average Bonchev–Trinajstić information content (AvgIpc) is 3.50. The third-order valence-electron chi connectivity index (χ3n) is 7.27. The van der Waals surface area contributed by atoms with Gasteiger partial charge in [0.25, 0.3) is 0 Å². The minimum atomic E-state index is 0.433. The smallest absolute Gasteiger partial charge is 0.142 e. The highest BCUT2D eigenvalue weighted by Crippen LogP contribution is 2.41. The summed E-state index contributed by atoms with van der Waals surface area (Å²) < 4.78 is 10.2. The molecule has 0 saturated heterocycles. The molecule has 0 bridgehead atoms. The molecule has 0 radical (unpaired) electrons. The maximum atomic E-state index is 5.63. The highest BCUT2D eigenvalue weighted by atomic mass is 16.5. The van der Waals surface area contributed by atoms with Gasteiger partial charge in [0.1, 0.15) is 17.4 Å². The lowest BCUT2D eigenvalue weighted by Crippen LogP contribution is -2.15. The second-order valence-corrected chi connectivity index (χ2v) is 10.3.